The van der Waals surface area contributed by atoms with E-state index in [2.05, 4.69) is 5.92 Å². The van der Waals surface area contributed by atoms with Crippen molar-refractivity contribution in [3.8, 4) is 12.3 Å². The third-order valence-corrected chi connectivity index (χ3v) is 1.50. The zero-order valence-corrected chi connectivity index (χ0v) is 10.2. The van der Waals surface area contributed by atoms with E-state index < -0.39 is 17.9 Å². The first-order valence-corrected chi connectivity index (χ1v) is 5.10. The number of rotatable bonds is 3. The van der Waals surface area contributed by atoms with Gasteiger partial charge in [0.1, 0.15) is 5.60 Å². The second-order valence-electron chi connectivity index (χ2n) is 4.87. The summed E-state index contributed by atoms with van der Waals surface area (Å²) in [7, 11) is 0. The van der Waals surface area contributed by atoms with Crippen LogP contribution in [0.5, 0.6) is 0 Å². The fraction of sp³-hybridized carbons (Fsp3) is 0.750. The maximum atomic E-state index is 11.3. The highest BCUT2D eigenvalue weighted by Gasteiger charge is 2.20. The normalized spacial score (nSPS) is 13.1. The average molecular weight is 212 g/mol. The topological polar surface area (TPSA) is 35.5 Å². The fourth-order valence-corrected chi connectivity index (χ4v) is 0.969. The van der Waals surface area contributed by atoms with Crippen molar-refractivity contribution in [2.24, 2.45) is 5.92 Å². The first kappa shape index (κ1) is 13.8. The number of hydrogen-bond donors (Lipinski definition) is 0. The van der Waals surface area contributed by atoms with Crippen LogP contribution in [0.4, 0.5) is 4.79 Å². The Morgan fingerprint density at radius 3 is 2.27 bits per heavy atom. The monoisotopic (exact) mass is 212 g/mol. The van der Waals surface area contributed by atoms with Crippen molar-refractivity contribution in [1.82, 2.24) is 0 Å². The molecule has 1 atom stereocenters. The van der Waals surface area contributed by atoms with Crippen LogP contribution in [0.25, 0.3) is 0 Å². The Kier molecular flexibility index (Phi) is 5.21. The van der Waals surface area contributed by atoms with E-state index in [-0.39, 0.29) is 0 Å². The lowest BCUT2D eigenvalue weighted by atomic mass is 10.1. The van der Waals surface area contributed by atoms with Gasteiger partial charge < -0.3 is 9.47 Å². The molecule has 0 N–H and O–H groups in total. The highest BCUT2D eigenvalue weighted by molar-refractivity contribution is 5.61. The van der Waals surface area contributed by atoms with Crippen LogP contribution >= 0.6 is 0 Å². The van der Waals surface area contributed by atoms with E-state index in [1.54, 1.807) is 20.8 Å². The molecule has 0 aromatic carbocycles. The molecular weight excluding hydrogens is 192 g/mol. The molecule has 3 nitrogen and oxygen atoms in total. The van der Waals surface area contributed by atoms with Gasteiger partial charge in [0, 0.05) is 0 Å². The predicted octanol–water partition coefficient (Wildman–Crippen LogP) is 2.99. The van der Waals surface area contributed by atoms with Crippen LogP contribution in [-0.4, -0.2) is 17.9 Å². The first-order chi connectivity index (χ1) is 6.74. The Balaban J connectivity index is 4.10. The molecule has 0 saturated heterocycles. The summed E-state index contributed by atoms with van der Waals surface area (Å²) in [6.07, 6.45) is 4.70. The predicted molar refractivity (Wildman–Crippen MR) is 59.4 cm³/mol. The minimum Gasteiger partial charge on any atom is -0.429 e. The summed E-state index contributed by atoms with van der Waals surface area (Å²) in [6, 6.07) is 0. The summed E-state index contributed by atoms with van der Waals surface area (Å²) < 4.78 is 9.98. The van der Waals surface area contributed by atoms with Crippen LogP contribution < -0.4 is 0 Å². The summed E-state index contributed by atoms with van der Waals surface area (Å²) in [4.78, 5) is 11.3. The molecule has 1 unspecified atom stereocenters. The highest BCUT2D eigenvalue weighted by atomic mass is 16.7. The minimum atomic E-state index is -0.703. The van der Waals surface area contributed by atoms with Crippen LogP contribution in [0.15, 0.2) is 0 Å². The third kappa shape index (κ3) is 7.87. The lowest BCUT2D eigenvalue weighted by Gasteiger charge is -2.21. The van der Waals surface area contributed by atoms with Crippen molar-refractivity contribution in [2.75, 3.05) is 0 Å². The molecule has 15 heavy (non-hydrogen) atoms. The molecule has 0 amide bonds. The second-order valence-corrected chi connectivity index (χ2v) is 4.87. The van der Waals surface area contributed by atoms with Gasteiger partial charge in [-0.2, -0.15) is 0 Å². The van der Waals surface area contributed by atoms with Gasteiger partial charge in [0.2, 0.25) is 0 Å². The van der Waals surface area contributed by atoms with Gasteiger partial charge in [0.05, 0.1) is 0 Å². The quantitative estimate of drug-likeness (QED) is 0.533. The van der Waals surface area contributed by atoms with E-state index >= 15 is 0 Å². The third-order valence-electron chi connectivity index (χ3n) is 1.50. The summed E-state index contributed by atoms with van der Waals surface area (Å²) in [6.45, 7) is 9.37. The highest BCUT2D eigenvalue weighted by Crippen LogP contribution is 2.12. The smallest absolute Gasteiger partial charge is 0.429 e. The van der Waals surface area contributed by atoms with Crippen molar-refractivity contribution in [3.05, 3.63) is 0 Å². The maximum Gasteiger partial charge on any atom is 0.510 e. The van der Waals surface area contributed by atoms with Crippen molar-refractivity contribution < 1.29 is 14.3 Å². The van der Waals surface area contributed by atoms with Gasteiger partial charge in [-0.1, -0.05) is 19.8 Å². The Labute approximate surface area is 92.1 Å². The van der Waals surface area contributed by atoms with E-state index in [4.69, 9.17) is 15.9 Å². The molecule has 0 fully saturated rings. The van der Waals surface area contributed by atoms with Crippen molar-refractivity contribution in [1.29, 1.82) is 0 Å². The van der Waals surface area contributed by atoms with Crippen LogP contribution in [0.2, 0.25) is 0 Å². The Morgan fingerprint density at radius 2 is 1.93 bits per heavy atom. The molecule has 0 heterocycles. The Hall–Kier alpha value is -1.17. The molecule has 0 bridgehead atoms. The molecular formula is C12H20O3. The van der Waals surface area contributed by atoms with E-state index in [9.17, 15) is 4.79 Å². The number of terminal acetylenes is 1. The number of hydrogen-bond acceptors (Lipinski definition) is 3. The summed E-state index contributed by atoms with van der Waals surface area (Å²) >= 11 is 0. The van der Waals surface area contributed by atoms with Crippen molar-refractivity contribution in [3.63, 3.8) is 0 Å². The van der Waals surface area contributed by atoms with Gasteiger partial charge in [-0.25, -0.2) is 4.79 Å². The Morgan fingerprint density at radius 1 is 1.40 bits per heavy atom. The van der Waals surface area contributed by atoms with Crippen LogP contribution in [0.3, 0.4) is 0 Å². The van der Waals surface area contributed by atoms with Gasteiger partial charge in [-0.15, -0.1) is 6.42 Å². The SMILES string of the molecule is C#CC(CC(C)C)OC(=O)OC(C)(C)C. The molecule has 3 heteroatoms. The Bertz CT molecular complexity index is 243. The lowest BCUT2D eigenvalue weighted by Crippen LogP contribution is -2.27. The maximum absolute atomic E-state index is 11.3. The van der Waals surface area contributed by atoms with Crippen LogP contribution in [0, 0.1) is 18.3 Å². The van der Waals surface area contributed by atoms with E-state index in [0.29, 0.717) is 12.3 Å². The second kappa shape index (κ2) is 5.65. The molecule has 0 aromatic rings. The molecule has 0 aliphatic carbocycles. The molecule has 86 valence electrons. The zero-order chi connectivity index (χ0) is 12.1. The number of carbonyl (C=O) groups is 1. The van der Waals surface area contributed by atoms with E-state index in [1.165, 1.54) is 0 Å². The van der Waals surface area contributed by atoms with Gasteiger partial charge in [-0.05, 0) is 33.1 Å². The molecule has 0 spiro atoms. The van der Waals surface area contributed by atoms with E-state index in [1.807, 2.05) is 13.8 Å². The lowest BCUT2D eigenvalue weighted by molar-refractivity contribution is -0.0194. The van der Waals surface area contributed by atoms with Crippen LogP contribution in [-0.2, 0) is 9.47 Å². The molecule has 0 rings (SSSR count). The minimum absolute atomic E-state index is 0.383. The van der Waals surface area contributed by atoms with E-state index in [0.717, 1.165) is 0 Å². The summed E-state index contributed by atoms with van der Waals surface area (Å²) in [5, 5.41) is 0. The first-order valence-electron chi connectivity index (χ1n) is 5.10. The molecule has 0 aliphatic rings. The molecule has 0 saturated carbocycles. The zero-order valence-electron chi connectivity index (χ0n) is 10.2. The summed E-state index contributed by atoms with van der Waals surface area (Å²) in [5.74, 6) is 2.81. The number of ether oxygens (including phenoxy) is 2. The van der Waals surface area contributed by atoms with Crippen molar-refractivity contribution in [2.45, 2.75) is 52.7 Å². The standard InChI is InChI=1S/C12H20O3/c1-7-10(8-9(2)3)14-11(13)15-12(4,5)6/h1,9-10H,8H2,2-6H3. The molecule has 0 aliphatic heterocycles. The number of carbonyl (C=O) groups excluding carboxylic acids is 1. The van der Waals surface area contributed by atoms with Gasteiger partial charge >= 0.3 is 6.16 Å². The molecule has 0 aromatic heterocycles. The molecule has 0 radical (unpaired) electrons. The summed E-state index contributed by atoms with van der Waals surface area (Å²) in [5.41, 5.74) is -0.548. The van der Waals surface area contributed by atoms with Crippen molar-refractivity contribution >= 4 is 6.16 Å². The van der Waals surface area contributed by atoms with Gasteiger partial charge in [0.25, 0.3) is 0 Å². The van der Waals surface area contributed by atoms with Crippen LogP contribution in [0.1, 0.15) is 41.0 Å². The average Bonchev–Trinajstić information content (AvgIpc) is 1.98. The van der Waals surface area contributed by atoms with Gasteiger partial charge in [-0.3, -0.25) is 0 Å². The van der Waals surface area contributed by atoms with Gasteiger partial charge in [0.15, 0.2) is 6.10 Å². The largest absolute Gasteiger partial charge is 0.510 e. The fourth-order valence-electron chi connectivity index (χ4n) is 0.969.